The number of carbonyl (C=O) groups excluding carboxylic acids is 1. The Morgan fingerprint density at radius 2 is 2.08 bits per heavy atom. The normalized spacial score (nSPS) is 8.54. The van der Waals surface area contributed by atoms with Gasteiger partial charge in [0.15, 0.2) is 0 Å². The summed E-state index contributed by atoms with van der Waals surface area (Å²) in [6, 6.07) is 6.80. The highest BCUT2D eigenvalue weighted by atomic mass is 16.5. The Balaban J connectivity index is 2.87. The van der Waals surface area contributed by atoms with Crippen LogP contribution in [0.4, 0.5) is 0 Å². The minimum absolute atomic E-state index is 0.434. The van der Waals surface area contributed by atoms with Crippen LogP contribution in [0.25, 0.3) is 6.08 Å². The van der Waals surface area contributed by atoms with Gasteiger partial charge in [-0.15, -0.1) is 0 Å². The summed E-state index contributed by atoms with van der Waals surface area (Å²) in [5.41, 5.74) is 1.38. The van der Waals surface area contributed by atoms with Gasteiger partial charge in [-0.25, -0.2) is 4.79 Å². The van der Waals surface area contributed by atoms with Gasteiger partial charge in [0, 0.05) is 0 Å². The topological polar surface area (TPSA) is 26.3 Å². The Morgan fingerprint density at radius 1 is 1.46 bits per heavy atom. The highest BCUT2D eigenvalue weighted by molar-refractivity contribution is 5.90. The van der Waals surface area contributed by atoms with Gasteiger partial charge in [-0.2, -0.15) is 0 Å². The average molecular weight is 172 g/mol. The van der Waals surface area contributed by atoms with Crippen molar-refractivity contribution in [2.24, 2.45) is 0 Å². The molecule has 0 fully saturated rings. The summed E-state index contributed by atoms with van der Waals surface area (Å²) in [4.78, 5) is 11.1. The van der Waals surface area contributed by atoms with Crippen LogP contribution in [-0.4, -0.2) is 5.97 Å². The fourth-order valence-corrected chi connectivity index (χ4v) is 0.868. The van der Waals surface area contributed by atoms with E-state index in [0.717, 1.165) is 5.56 Å². The molecule has 0 N–H and O–H groups in total. The molecule has 2 nitrogen and oxygen atoms in total. The van der Waals surface area contributed by atoms with Crippen LogP contribution in [-0.2, 0) is 4.74 Å². The number of carbonyl (C=O) groups is 1. The molecule has 0 heterocycles. The second-order valence-electron chi connectivity index (χ2n) is 2.33. The summed E-state index contributed by atoms with van der Waals surface area (Å²) in [7, 11) is 0. The molecule has 0 atom stereocenters. The molecule has 1 aromatic carbocycles. The summed E-state index contributed by atoms with van der Waals surface area (Å²) in [5, 5.41) is 0. The van der Waals surface area contributed by atoms with E-state index in [4.69, 9.17) is 6.42 Å². The molecule has 64 valence electrons. The van der Waals surface area contributed by atoms with Crippen LogP contribution in [0.5, 0.6) is 0 Å². The number of benzene rings is 1. The Hall–Kier alpha value is -2.01. The molecular formula is C11H8O2. The van der Waals surface area contributed by atoms with E-state index in [-0.39, 0.29) is 0 Å². The van der Waals surface area contributed by atoms with Gasteiger partial charge in [0.05, 0.1) is 5.56 Å². The number of rotatable bonds is 2. The lowest BCUT2D eigenvalue weighted by atomic mass is 10.1. The van der Waals surface area contributed by atoms with Gasteiger partial charge >= 0.3 is 5.97 Å². The zero-order chi connectivity index (χ0) is 9.68. The molecule has 0 bridgehead atoms. The molecule has 0 saturated heterocycles. The first-order valence-electron chi connectivity index (χ1n) is 3.67. The SMILES string of the molecule is C#COC(=O)c1ccc(C=C)cc1. The van der Waals surface area contributed by atoms with Crippen molar-refractivity contribution in [3.05, 3.63) is 42.0 Å². The molecule has 0 aliphatic carbocycles. The van der Waals surface area contributed by atoms with Crippen LogP contribution in [0, 0.1) is 12.5 Å². The first-order chi connectivity index (χ1) is 6.27. The fourth-order valence-electron chi connectivity index (χ4n) is 0.868. The molecule has 0 aromatic heterocycles. The van der Waals surface area contributed by atoms with Gasteiger partial charge in [-0.05, 0) is 17.7 Å². The molecule has 0 aliphatic rings. The van der Waals surface area contributed by atoms with E-state index in [1.807, 2.05) is 6.11 Å². The lowest BCUT2D eigenvalue weighted by Gasteiger charge is -1.97. The van der Waals surface area contributed by atoms with Crippen LogP contribution >= 0.6 is 0 Å². The lowest BCUT2D eigenvalue weighted by Crippen LogP contribution is -1.99. The summed E-state index contributed by atoms with van der Waals surface area (Å²) in [6.07, 6.45) is 8.33. The fraction of sp³-hybridized carbons (Fsp3) is 0. The minimum atomic E-state index is -0.516. The second kappa shape index (κ2) is 4.13. The third-order valence-corrected chi connectivity index (χ3v) is 1.53. The molecule has 13 heavy (non-hydrogen) atoms. The molecule has 0 radical (unpaired) electrons. The zero-order valence-corrected chi connectivity index (χ0v) is 6.99. The molecular weight excluding hydrogens is 164 g/mol. The highest BCUT2D eigenvalue weighted by Crippen LogP contribution is 2.06. The number of hydrogen-bond acceptors (Lipinski definition) is 2. The zero-order valence-electron chi connectivity index (χ0n) is 6.99. The van der Waals surface area contributed by atoms with Gasteiger partial charge < -0.3 is 4.74 Å². The smallest absolute Gasteiger partial charge is 0.352 e. The predicted molar refractivity (Wildman–Crippen MR) is 50.8 cm³/mol. The summed E-state index contributed by atoms with van der Waals surface area (Å²) in [5.74, 6) is -0.516. The maximum atomic E-state index is 11.1. The predicted octanol–water partition coefficient (Wildman–Crippen LogP) is 2.08. The monoisotopic (exact) mass is 172 g/mol. The van der Waals surface area contributed by atoms with E-state index in [2.05, 4.69) is 11.3 Å². The largest absolute Gasteiger partial charge is 0.369 e. The van der Waals surface area contributed by atoms with Crippen molar-refractivity contribution in [2.75, 3.05) is 0 Å². The maximum Gasteiger partial charge on any atom is 0.352 e. The second-order valence-corrected chi connectivity index (χ2v) is 2.33. The van der Waals surface area contributed by atoms with Crippen LogP contribution in [0.1, 0.15) is 15.9 Å². The van der Waals surface area contributed by atoms with Gasteiger partial charge in [0.25, 0.3) is 0 Å². The van der Waals surface area contributed by atoms with Crippen molar-refractivity contribution in [3.63, 3.8) is 0 Å². The van der Waals surface area contributed by atoms with Gasteiger partial charge in [0.2, 0.25) is 0 Å². The van der Waals surface area contributed by atoms with Crippen LogP contribution in [0.15, 0.2) is 30.8 Å². The Labute approximate surface area is 76.8 Å². The quantitative estimate of drug-likeness (QED) is 0.504. The van der Waals surface area contributed by atoms with Crippen LogP contribution in [0.2, 0.25) is 0 Å². The summed E-state index contributed by atoms with van der Waals surface area (Å²) in [6.45, 7) is 3.59. The van der Waals surface area contributed by atoms with Gasteiger partial charge in [-0.1, -0.05) is 31.2 Å². The van der Waals surface area contributed by atoms with Crippen LogP contribution < -0.4 is 0 Å². The van der Waals surface area contributed by atoms with Crippen molar-refractivity contribution in [2.45, 2.75) is 0 Å². The average Bonchev–Trinajstić information content (AvgIpc) is 2.18. The molecule has 0 saturated carbocycles. The standard InChI is InChI=1S/C11H8O2/c1-3-9-5-7-10(8-6-9)11(12)13-4-2/h2-3,5-8H,1H2. The first kappa shape index (κ1) is 9.08. The minimum Gasteiger partial charge on any atom is -0.369 e. The third-order valence-electron chi connectivity index (χ3n) is 1.53. The Bertz CT molecular complexity index is 355. The van der Waals surface area contributed by atoms with E-state index >= 15 is 0 Å². The van der Waals surface area contributed by atoms with E-state index in [1.165, 1.54) is 0 Å². The molecule has 1 aromatic rings. The van der Waals surface area contributed by atoms with E-state index < -0.39 is 5.97 Å². The molecule has 2 heteroatoms. The molecule has 0 spiro atoms. The van der Waals surface area contributed by atoms with E-state index in [0.29, 0.717) is 5.56 Å². The number of terminal acetylenes is 1. The van der Waals surface area contributed by atoms with Crippen molar-refractivity contribution in [3.8, 4) is 12.5 Å². The van der Waals surface area contributed by atoms with Crippen molar-refractivity contribution >= 4 is 12.0 Å². The first-order valence-corrected chi connectivity index (χ1v) is 3.67. The van der Waals surface area contributed by atoms with Gasteiger partial charge in [0.1, 0.15) is 6.11 Å². The third kappa shape index (κ3) is 2.21. The number of hydrogen-bond donors (Lipinski definition) is 0. The maximum absolute atomic E-state index is 11.1. The van der Waals surface area contributed by atoms with Crippen molar-refractivity contribution < 1.29 is 9.53 Å². The number of esters is 1. The molecule has 0 unspecified atom stereocenters. The molecule has 0 aliphatic heterocycles. The van der Waals surface area contributed by atoms with E-state index in [1.54, 1.807) is 30.3 Å². The summed E-state index contributed by atoms with van der Waals surface area (Å²) < 4.78 is 4.36. The molecule has 0 amide bonds. The lowest BCUT2D eigenvalue weighted by molar-refractivity contribution is 0.0691. The Morgan fingerprint density at radius 3 is 2.54 bits per heavy atom. The van der Waals surface area contributed by atoms with Crippen molar-refractivity contribution in [1.29, 1.82) is 0 Å². The van der Waals surface area contributed by atoms with Gasteiger partial charge in [-0.3, -0.25) is 0 Å². The Kier molecular flexibility index (Phi) is 2.88. The van der Waals surface area contributed by atoms with Crippen LogP contribution in [0.3, 0.4) is 0 Å². The van der Waals surface area contributed by atoms with E-state index in [9.17, 15) is 4.79 Å². The molecule has 1 rings (SSSR count). The number of ether oxygens (including phenoxy) is 1. The van der Waals surface area contributed by atoms with Crippen molar-refractivity contribution in [1.82, 2.24) is 0 Å². The highest BCUT2D eigenvalue weighted by Gasteiger charge is 2.04. The summed E-state index contributed by atoms with van der Waals surface area (Å²) >= 11 is 0.